The molecule has 112 valence electrons. The van der Waals surface area contributed by atoms with Crippen LogP contribution >= 0.6 is 0 Å². The van der Waals surface area contributed by atoms with Crippen LogP contribution in [0.2, 0.25) is 0 Å². The molecule has 3 saturated carbocycles. The van der Waals surface area contributed by atoms with Crippen LogP contribution in [0.4, 0.5) is 5.69 Å². The van der Waals surface area contributed by atoms with Crippen molar-refractivity contribution in [3.8, 4) is 11.5 Å². The SMILES string of the molecule is COc1ccc(NC(=O)C2[C@@H]3[C@H]4CC[C@@H](C4)[C@H]23)c(OC)c1. The molecule has 3 aliphatic rings. The maximum Gasteiger partial charge on any atom is 0.228 e. The lowest BCUT2D eigenvalue weighted by Gasteiger charge is -2.13. The highest BCUT2D eigenvalue weighted by Crippen LogP contribution is 2.69. The Bertz CT molecular complexity index is 569. The second-order valence-corrected chi connectivity index (χ2v) is 6.57. The van der Waals surface area contributed by atoms with Crippen molar-refractivity contribution in [2.45, 2.75) is 19.3 Å². The molecule has 0 aromatic heterocycles. The molecular weight excluding hydrogens is 266 g/mol. The Labute approximate surface area is 124 Å². The van der Waals surface area contributed by atoms with Crippen LogP contribution in [0.25, 0.3) is 0 Å². The van der Waals surface area contributed by atoms with E-state index in [1.54, 1.807) is 20.3 Å². The first kappa shape index (κ1) is 13.0. The Kier molecular flexibility index (Phi) is 2.88. The zero-order valence-corrected chi connectivity index (χ0v) is 12.5. The molecule has 21 heavy (non-hydrogen) atoms. The minimum atomic E-state index is 0.171. The van der Waals surface area contributed by atoms with E-state index in [2.05, 4.69) is 5.32 Å². The summed E-state index contributed by atoms with van der Waals surface area (Å²) in [6.45, 7) is 0. The Hall–Kier alpha value is -1.71. The molecule has 0 heterocycles. The second kappa shape index (κ2) is 4.65. The van der Waals surface area contributed by atoms with Gasteiger partial charge in [-0.1, -0.05) is 0 Å². The van der Waals surface area contributed by atoms with Gasteiger partial charge in [0, 0.05) is 12.0 Å². The molecule has 0 spiro atoms. The van der Waals surface area contributed by atoms with E-state index in [0.717, 1.165) is 23.3 Å². The van der Waals surface area contributed by atoms with E-state index in [1.165, 1.54) is 19.3 Å². The van der Waals surface area contributed by atoms with Crippen LogP contribution in [0, 0.1) is 29.6 Å². The van der Waals surface area contributed by atoms with E-state index in [9.17, 15) is 4.79 Å². The molecule has 4 nitrogen and oxygen atoms in total. The fourth-order valence-corrected chi connectivity index (χ4v) is 4.79. The molecule has 1 aromatic rings. The molecule has 0 saturated heterocycles. The van der Waals surface area contributed by atoms with Crippen LogP contribution < -0.4 is 14.8 Å². The van der Waals surface area contributed by atoms with Gasteiger partial charge >= 0.3 is 0 Å². The number of nitrogens with one attached hydrogen (secondary N) is 1. The number of rotatable bonds is 4. The number of carbonyl (C=O) groups excluding carboxylic acids is 1. The van der Waals surface area contributed by atoms with Crippen LogP contribution in [-0.4, -0.2) is 20.1 Å². The first-order chi connectivity index (χ1) is 10.2. The van der Waals surface area contributed by atoms with Gasteiger partial charge in [0.15, 0.2) is 0 Å². The molecule has 2 bridgehead atoms. The van der Waals surface area contributed by atoms with E-state index < -0.39 is 0 Å². The average molecular weight is 287 g/mol. The summed E-state index contributed by atoms with van der Waals surface area (Å²) in [5.41, 5.74) is 0.737. The lowest BCUT2D eigenvalue weighted by atomic mass is 10.0. The molecule has 0 aliphatic heterocycles. The van der Waals surface area contributed by atoms with Crippen molar-refractivity contribution in [2.24, 2.45) is 29.6 Å². The van der Waals surface area contributed by atoms with Crippen LogP contribution in [0.1, 0.15) is 19.3 Å². The van der Waals surface area contributed by atoms with Gasteiger partial charge in [-0.3, -0.25) is 4.79 Å². The molecule has 4 rings (SSSR count). The standard InChI is InChI=1S/C17H21NO3/c1-20-11-5-6-12(13(8-11)21-2)18-17(19)16-14-9-3-4-10(7-9)15(14)16/h5-6,8-10,14-16H,3-4,7H2,1-2H3,(H,18,19)/t9-,10-,14-,15+,16?/m0/s1. The summed E-state index contributed by atoms with van der Waals surface area (Å²) in [5.74, 6) is 4.74. The van der Waals surface area contributed by atoms with E-state index in [-0.39, 0.29) is 11.8 Å². The monoisotopic (exact) mass is 287 g/mol. The molecule has 0 radical (unpaired) electrons. The van der Waals surface area contributed by atoms with Crippen molar-refractivity contribution < 1.29 is 14.3 Å². The minimum Gasteiger partial charge on any atom is -0.497 e. The Morgan fingerprint density at radius 3 is 2.48 bits per heavy atom. The van der Waals surface area contributed by atoms with Crippen LogP contribution in [0.15, 0.2) is 18.2 Å². The predicted molar refractivity (Wildman–Crippen MR) is 79.5 cm³/mol. The first-order valence-corrected chi connectivity index (χ1v) is 7.76. The van der Waals surface area contributed by atoms with Crippen LogP contribution in [0.5, 0.6) is 11.5 Å². The van der Waals surface area contributed by atoms with Gasteiger partial charge in [0.25, 0.3) is 0 Å². The number of anilines is 1. The van der Waals surface area contributed by atoms with Gasteiger partial charge in [0.05, 0.1) is 19.9 Å². The van der Waals surface area contributed by atoms with Gasteiger partial charge in [-0.2, -0.15) is 0 Å². The molecular formula is C17H21NO3. The maximum atomic E-state index is 12.5. The third kappa shape index (κ3) is 1.92. The van der Waals surface area contributed by atoms with Crippen molar-refractivity contribution in [3.05, 3.63) is 18.2 Å². The van der Waals surface area contributed by atoms with E-state index >= 15 is 0 Å². The fraction of sp³-hybridized carbons (Fsp3) is 0.588. The first-order valence-electron chi connectivity index (χ1n) is 7.76. The van der Waals surface area contributed by atoms with Crippen molar-refractivity contribution in [3.63, 3.8) is 0 Å². The van der Waals surface area contributed by atoms with Crippen molar-refractivity contribution >= 4 is 11.6 Å². The average Bonchev–Trinajstić information content (AvgIpc) is 2.96. The van der Waals surface area contributed by atoms with Crippen LogP contribution in [-0.2, 0) is 4.79 Å². The molecule has 1 amide bonds. The summed E-state index contributed by atoms with van der Waals surface area (Å²) < 4.78 is 10.5. The zero-order valence-electron chi connectivity index (χ0n) is 12.5. The summed E-state index contributed by atoms with van der Waals surface area (Å²) in [6, 6.07) is 5.49. The zero-order chi connectivity index (χ0) is 14.6. The Morgan fingerprint density at radius 2 is 1.86 bits per heavy atom. The van der Waals surface area contributed by atoms with Gasteiger partial charge < -0.3 is 14.8 Å². The third-order valence-electron chi connectivity index (χ3n) is 5.70. The molecule has 5 atom stereocenters. The summed E-state index contributed by atoms with van der Waals surface area (Å²) in [7, 11) is 3.23. The van der Waals surface area contributed by atoms with Crippen molar-refractivity contribution in [1.29, 1.82) is 0 Å². The number of ether oxygens (including phenoxy) is 2. The number of benzene rings is 1. The highest BCUT2D eigenvalue weighted by molar-refractivity contribution is 5.96. The predicted octanol–water partition coefficient (Wildman–Crippen LogP) is 2.93. The number of hydrogen-bond acceptors (Lipinski definition) is 3. The molecule has 1 unspecified atom stereocenters. The summed E-state index contributed by atoms with van der Waals surface area (Å²) in [6.07, 6.45) is 4.04. The number of methoxy groups -OCH3 is 2. The molecule has 4 heteroatoms. The highest BCUT2D eigenvalue weighted by atomic mass is 16.5. The highest BCUT2D eigenvalue weighted by Gasteiger charge is 2.67. The Balaban J connectivity index is 1.48. The largest absolute Gasteiger partial charge is 0.497 e. The van der Waals surface area contributed by atoms with E-state index in [1.807, 2.05) is 12.1 Å². The number of fused-ring (bicyclic) bond motifs is 5. The van der Waals surface area contributed by atoms with Gasteiger partial charge in [-0.05, 0) is 55.1 Å². The second-order valence-electron chi connectivity index (χ2n) is 6.57. The lowest BCUT2D eigenvalue weighted by Crippen LogP contribution is -2.19. The minimum absolute atomic E-state index is 0.171. The molecule has 3 aliphatic carbocycles. The molecule has 3 fully saturated rings. The summed E-state index contributed by atoms with van der Waals surface area (Å²) >= 11 is 0. The Morgan fingerprint density at radius 1 is 1.14 bits per heavy atom. The third-order valence-corrected chi connectivity index (χ3v) is 5.70. The van der Waals surface area contributed by atoms with E-state index in [0.29, 0.717) is 17.6 Å². The van der Waals surface area contributed by atoms with Crippen molar-refractivity contribution in [1.82, 2.24) is 0 Å². The van der Waals surface area contributed by atoms with Gasteiger partial charge in [0.2, 0.25) is 5.91 Å². The fourth-order valence-electron chi connectivity index (χ4n) is 4.79. The van der Waals surface area contributed by atoms with Gasteiger partial charge in [-0.25, -0.2) is 0 Å². The van der Waals surface area contributed by atoms with E-state index in [4.69, 9.17) is 9.47 Å². The number of carbonyl (C=O) groups is 1. The maximum absolute atomic E-state index is 12.5. The van der Waals surface area contributed by atoms with Crippen LogP contribution in [0.3, 0.4) is 0 Å². The topological polar surface area (TPSA) is 47.6 Å². The molecule has 1 N–H and O–H groups in total. The van der Waals surface area contributed by atoms with Crippen molar-refractivity contribution in [2.75, 3.05) is 19.5 Å². The van der Waals surface area contributed by atoms with Gasteiger partial charge in [-0.15, -0.1) is 0 Å². The lowest BCUT2D eigenvalue weighted by molar-refractivity contribution is -0.118. The summed E-state index contributed by atoms with van der Waals surface area (Å²) in [5, 5.41) is 3.05. The quantitative estimate of drug-likeness (QED) is 0.926. The smallest absolute Gasteiger partial charge is 0.228 e. The van der Waals surface area contributed by atoms with Gasteiger partial charge in [0.1, 0.15) is 11.5 Å². The number of hydrogen-bond donors (Lipinski definition) is 1. The molecule has 1 aromatic carbocycles. The normalized spacial score (nSPS) is 35.2. The number of amides is 1. The summed E-state index contributed by atoms with van der Waals surface area (Å²) in [4.78, 5) is 12.5.